The fourth-order valence-electron chi connectivity index (χ4n) is 4.88. The molecule has 0 aliphatic carbocycles. The van der Waals surface area contributed by atoms with E-state index >= 15 is 0 Å². The van der Waals surface area contributed by atoms with Gasteiger partial charge in [0.2, 0.25) is 0 Å². The van der Waals surface area contributed by atoms with E-state index < -0.39 is 0 Å². The van der Waals surface area contributed by atoms with E-state index in [1.807, 2.05) is 65.1 Å². The normalized spacial score (nSPS) is 13.5. The van der Waals surface area contributed by atoms with Gasteiger partial charge in [-0.1, -0.05) is 6.92 Å². The molecule has 1 fully saturated rings. The molecule has 0 radical (unpaired) electrons. The first-order chi connectivity index (χ1) is 19.1. The lowest BCUT2D eigenvalue weighted by atomic mass is 10.2. The number of rotatable bonds is 10. The third kappa shape index (κ3) is 6.03. The maximum Gasteiger partial charge on any atom is 0.289 e. The quantitative estimate of drug-likeness (QED) is 0.294. The Balaban J connectivity index is 1.19. The van der Waals surface area contributed by atoms with Gasteiger partial charge in [-0.15, -0.1) is 0 Å². The molecule has 4 aromatic rings. The predicted octanol–water partition coefficient (Wildman–Crippen LogP) is 4.75. The molecule has 1 aliphatic rings. The molecule has 39 heavy (non-hydrogen) atoms. The second-order valence-electron chi connectivity index (χ2n) is 9.57. The Hall–Kier alpha value is -4.40. The maximum atomic E-state index is 13.2. The molecule has 204 valence electrons. The van der Waals surface area contributed by atoms with Crippen LogP contribution in [0.2, 0.25) is 0 Å². The van der Waals surface area contributed by atoms with Crippen molar-refractivity contribution < 1.29 is 23.2 Å². The minimum Gasteiger partial charge on any atom is -0.497 e. The Labute approximate surface area is 228 Å². The zero-order valence-corrected chi connectivity index (χ0v) is 22.4. The summed E-state index contributed by atoms with van der Waals surface area (Å²) in [5.74, 6) is 1.97. The molecule has 4 heterocycles. The third-order valence-corrected chi connectivity index (χ3v) is 6.99. The van der Waals surface area contributed by atoms with Gasteiger partial charge in [0.25, 0.3) is 11.8 Å². The molecule has 0 N–H and O–H groups in total. The second kappa shape index (κ2) is 12.0. The van der Waals surface area contributed by atoms with Crippen LogP contribution in [0.1, 0.15) is 45.9 Å². The van der Waals surface area contributed by atoms with Crippen molar-refractivity contribution >= 4 is 17.5 Å². The van der Waals surface area contributed by atoms with Crippen LogP contribution in [-0.2, 0) is 13.1 Å². The van der Waals surface area contributed by atoms with E-state index in [2.05, 4.69) is 4.90 Å². The van der Waals surface area contributed by atoms with Crippen molar-refractivity contribution in [2.24, 2.45) is 0 Å². The fourth-order valence-corrected chi connectivity index (χ4v) is 4.88. The molecule has 5 rings (SSSR count). The van der Waals surface area contributed by atoms with E-state index in [1.54, 1.807) is 30.2 Å². The van der Waals surface area contributed by atoms with E-state index in [0.29, 0.717) is 50.0 Å². The Morgan fingerprint density at radius 3 is 2.44 bits per heavy atom. The van der Waals surface area contributed by atoms with E-state index in [1.165, 1.54) is 6.26 Å². The molecule has 0 saturated carbocycles. The number of carbonyl (C=O) groups excluding carboxylic acids is 2. The number of methoxy groups -OCH3 is 1. The molecular formula is C30H34N4O5. The van der Waals surface area contributed by atoms with Crippen LogP contribution in [0, 0.1) is 0 Å². The summed E-state index contributed by atoms with van der Waals surface area (Å²) in [6, 6.07) is 18.9. The molecule has 0 bridgehead atoms. The van der Waals surface area contributed by atoms with Crippen LogP contribution >= 0.6 is 0 Å². The number of amides is 2. The van der Waals surface area contributed by atoms with Crippen LogP contribution in [0.3, 0.4) is 0 Å². The highest BCUT2D eigenvalue weighted by molar-refractivity contribution is 5.92. The van der Waals surface area contributed by atoms with Crippen molar-refractivity contribution in [2.45, 2.75) is 26.4 Å². The first-order valence-corrected chi connectivity index (χ1v) is 13.3. The van der Waals surface area contributed by atoms with E-state index in [9.17, 15) is 9.59 Å². The minimum atomic E-state index is -0.132. The van der Waals surface area contributed by atoms with Gasteiger partial charge in [0.05, 0.1) is 26.5 Å². The molecular weight excluding hydrogens is 496 g/mol. The SMILES string of the molecule is CCCN(Cc1cccn1Cc1ccc(C(=O)N2CCN(c3ccc(OC)cc3)CC2)o1)C(=O)c1ccco1. The third-order valence-electron chi connectivity index (χ3n) is 6.99. The van der Waals surface area contributed by atoms with Gasteiger partial charge in [-0.25, -0.2) is 0 Å². The standard InChI is InChI=1S/C30H34N4O5/c1-3-14-34(29(35)27-7-5-20-38-27)21-24-6-4-15-33(24)22-26-12-13-28(39-26)30(36)32-18-16-31(17-19-32)23-8-10-25(37-2)11-9-23/h4-13,15,20H,3,14,16-19,21-22H2,1-2H3. The Kier molecular flexibility index (Phi) is 8.05. The Morgan fingerprint density at radius 2 is 1.74 bits per heavy atom. The van der Waals surface area contributed by atoms with E-state index in [-0.39, 0.29) is 11.8 Å². The smallest absolute Gasteiger partial charge is 0.289 e. The second-order valence-corrected chi connectivity index (χ2v) is 9.57. The van der Waals surface area contributed by atoms with Crippen LogP contribution in [0.15, 0.2) is 82.0 Å². The van der Waals surface area contributed by atoms with Gasteiger partial charge in [-0.3, -0.25) is 9.59 Å². The number of ether oxygens (including phenoxy) is 1. The summed E-state index contributed by atoms with van der Waals surface area (Å²) in [6.45, 7) is 6.34. The van der Waals surface area contributed by atoms with Crippen LogP contribution in [0.4, 0.5) is 5.69 Å². The molecule has 0 atom stereocenters. The highest BCUT2D eigenvalue weighted by Crippen LogP contribution is 2.22. The molecule has 9 heteroatoms. The van der Waals surface area contributed by atoms with Gasteiger partial charge < -0.3 is 32.8 Å². The van der Waals surface area contributed by atoms with Crippen LogP contribution in [0.25, 0.3) is 0 Å². The Morgan fingerprint density at radius 1 is 0.949 bits per heavy atom. The summed E-state index contributed by atoms with van der Waals surface area (Å²) in [5, 5.41) is 0. The molecule has 0 spiro atoms. The summed E-state index contributed by atoms with van der Waals surface area (Å²) in [7, 11) is 1.66. The van der Waals surface area contributed by atoms with Crippen molar-refractivity contribution in [1.82, 2.24) is 14.4 Å². The summed E-state index contributed by atoms with van der Waals surface area (Å²) in [5.41, 5.74) is 2.09. The van der Waals surface area contributed by atoms with Crippen molar-refractivity contribution in [3.05, 3.63) is 96.1 Å². The van der Waals surface area contributed by atoms with Gasteiger partial charge in [0, 0.05) is 50.3 Å². The van der Waals surface area contributed by atoms with Gasteiger partial charge in [-0.2, -0.15) is 0 Å². The highest BCUT2D eigenvalue weighted by atomic mass is 16.5. The molecule has 2 amide bonds. The maximum absolute atomic E-state index is 13.2. The topological polar surface area (TPSA) is 84.3 Å². The van der Waals surface area contributed by atoms with Gasteiger partial charge in [-0.05, 0) is 67.1 Å². The molecule has 3 aromatic heterocycles. The van der Waals surface area contributed by atoms with Crippen LogP contribution < -0.4 is 9.64 Å². The lowest BCUT2D eigenvalue weighted by Crippen LogP contribution is -2.48. The molecule has 0 unspecified atom stereocenters. The lowest BCUT2D eigenvalue weighted by Gasteiger charge is -2.35. The summed E-state index contributed by atoms with van der Waals surface area (Å²) in [4.78, 5) is 31.9. The minimum absolute atomic E-state index is 0.0958. The number of hydrogen-bond donors (Lipinski definition) is 0. The average Bonchev–Trinajstić information content (AvgIpc) is 3.76. The van der Waals surface area contributed by atoms with Gasteiger partial charge in [0.1, 0.15) is 11.5 Å². The van der Waals surface area contributed by atoms with Crippen molar-refractivity contribution in [1.29, 1.82) is 0 Å². The first kappa shape index (κ1) is 26.2. The molecule has 9 nitrogen and oxygen atoms in total. The number of piperazine rings is 1. The van der Waals surface area contributed by atoms with Crippen LogP contribution in [-0.4, -0.2) is 66.0 Å². The number of nitrogens with zero attached hydrogens (tertiary/aromatic N) is 4. The molecule has 1 aliphatic heterocycles. The Bertz CT molecular complexity index is 1360. The summed E-state index contributed by atoms with van der Waals surface area (Å²) >= 11 is 0. The predicted molar refractivity (Wildman–Crippen MR) is 147 cm³/mol. The molecule has 1 aromatic carbocycles. The summed E-state index contributed by atoms with van der Waals surface area (Å²) in [6.07, 6.45) is 4.31. The zero-order valence-electron chi connectivity index (χ0n) is 22.4. The fraction of sp³-hybridized carbons (Fsp3) is 0.333. The first-order valence-electron chi connectivity index (χ1n) is 13.3. The molecule has 1 saturated heterocycles. The van der Waals surface area contributed by atoms with E-state index in [0.717, 1.165) is 36.6 Å². The monoisotopic (exact) mass is 530 g/mol. The highest BCUT2D eigenvalue weighted by Gasteiger charge is 2.25. The largest absolute Gasteiger partial charge is 0.497 e. The van der Waals surface area contributed by atoms with Gasteiger partial charge >= 0.3 is 0 Å². The number of furan rings is 2. The number of benzene rings is 1. The number of anilines is 1. The van der Waals surface area contributed by atoms with Crippen molar-refractivity contribution in [3.8, 4) is 5.75 Å². The van der Waals surface area contributed by atoms with Gasteiger partial charge in [0.15, 0.2) is 11.5 Å². The zero-order chi connectivity index (χ0) is 27.2. The average molecular weight is 531 g/mol. The summed E-state index contributed by atoms with van der Waals surface area (Å²) < 4.78 is 18.6. The van der Waals surface area contributed by atoms with Crippen molar-refractivity contribution in [3.63, 3.8) is 0 Å². The van der Waals surface area contributed by atoms with Crippen LogP contribution in [0.5, 0.6) is 5.75 Å². The number of hydrogen-bond acceptors (Lipinski definition) is 6. The number of carbonyl (C=O) groups is 2. The van der Waals surface area contributed by atoms with Crippen molar-refractivity contribution in [2.75, 3.05) is 44.7 Å². The lowest BCUT2D eigenvalue weighted by molar-refractivity contribution is 0.0701. The number of aromatic nitrogens is 1. The van der Waals surface area contributed by atoms with E-state index in [4.69, 9.17) is 13.6 Å².